The van der Waals surface area contributed by atoms with Gasteiger partial charge in [0.15, 0.2) is 0 Å². The minimum absolute atomic E-state index is 0.162. The fourth-order valence-corrected chi connectivity index (χ4v) is 3.40. The van der Waals surface area contributed by atoms with Crippen LogP contribution in [-0.2, 0) is 13.6 Å². The predicted molar refractivity (Wildman–Crippen MR) is 99.9 cm³/mol. The number of hydrogen-bond donors (Lipinski definition) is 2. The highest BCUT2D eigenvalue weighted by Gasteiger charge is 2.31. The average Bonchev–Trinajstić information content (AvgIpc) is 3.07. The molecule has 2 N–H and O–H groups in total. The number of aliphatic hydroxyl groups is 1. The molecule has 6 heteroatoms. The van der Waals surface area contributed by atoms with Crippen molar-refractivity contribution in [3.8, 4) is 0 Å². The second-order valence-corrected chi connectivity index (χ2v) is 6.51. The van der Waals surface area contributed by atoms with Crippen LogP contribution in [0.5, 0.6) is 0 Å². The summed E-state index contributed by atoms with van der Waals surface area (Å²) in [5.41, 5.74) is 3.21. The molecule has 4 rings (SSSR count). The van der Waals surface area contributed by atoms with Gasteiger partial charge in [-0.25, -0.2) is 4.98 Å². The van der Waals surface area contributed by atoms with E-state index in [1.54, 1.807) is 4.90 Å². The molecule has 2 aromatic carbocycles. The van der Waals surface area contributed by atoms with Gasteiger partial charge in [-0.1, -0.05) is 41.9 Å². The number of imidazole rings is 1. The summed E-state index contributed by atoms with van der Waals surface area (Å²) in [6, 6.07) is 15.3. The smallest absolute Gasteiger partial charge is 0.148 e. The van der Waals surface area contributed by atoms with Crippen LogP contribution in [0, 0.1) is 5.41 Å². The van der Waals surface area contributed by atoms with Gasteiger partial charge in [-0.2, -0.15) is 0 Å². The Morgan fingerprint density at radius 2 is 1.88 bits per heavy atom. The third kappa shape index (κ3) is 2.57. The molecule has 0 atom stereocenters. The first-order valence-corrected chi connectivity index (χ1v) is 8.35. The van der Waals surface area contributed by atoms with E-state index in [1.165, 1.54) is 0 Å². The van der Waals surface area contributed by atoms with E-state index in [4.69, 9.17) is 17.0 Å². The summed E-state index contributed by atoms with van der Waals surface area (Å²) < 4.78 is 1.91. The lowest BCUT2D eigenvalue weighted by atomic mass is 10.2. The summed E-state index contributed by atoms with van der Waals surface area (Å²) in [6.45, 7) is 0.749. The number of rotatable bonds is 3. The summed E-state index contributed by atoms with van der Waals surface area (Å²) in [5.74, 6) is 1.02. The third-order valence-corrected chi connectivity index (χ3v) is 4.88. The molecule has 0 amide bonds. The van der Waals surface area contributed by atoms with Crippen LogP contribution in [0.15, 0.2) is 54.3 Å². The van der Waals surface area contributed by atoms with Crippen molar-refractivity contribution in [1.29, 1.82) is 5.41 Å². The molecule has 5 nitrogen and oxygen atoms in total. The van der Waals surface area contributed by atoms with Gasteiger partial charge >= 0.3 is 0 Å². The topological polar surface area (TPSA) is 65.1 Å². The molecule has 1 aliphatic rings. The van der Waals surface area contributed by atoms with Crippen molar-refractivity contribution in [2.24, 2.45) is 7.05 Å². The normalized spacial score (nSPS) is 14.8. The van der Waals surface area contributed by atoms with Gasteiger partial charge in [0.1, 0.15) is 17.4 Å². The molecule has 0 aliphatic carbocycles. The van der Waals surface area contributed by atoms with Crippen LogP contribution in [0.2, 0.25) is 5.02 Å². The Balaban J connectivity index is 1.69. The summed E-state index contributed by atoms with van der Waals surface area (Å²) in [7, 11) is 1.90. The Morgan fingerprint density at radius 1 is 1.16 bits per heavy atom. The molecule has 2 heterocycles. The molecule has 0 bridgehead atoms. The number of aryl methyl sites for hydroxylation is 1. The van der Waals surface area contributed by atoms with Crippen molar-refractivity contribution in [1.82, 2.24) is 14.5 Å². The van der Waals surface area contributed by atoms with Gasteiger partial charge < -0.3 is 14.6 Å². The summed E-state index contributed by atoms with van der Waals surface area (Å²) >= 11 is 6.23. The van der Waals surface area contributed by atoms with E-state index in [9.17, 15) is 5.11 Å². The molecular formula is C19H17ClN4O. The maximum absolute atomic E-state index is 10.5. The van der Waals surface area contributed by atoms with Crippen LogP contribution in [0.4, 0.5) is 0 Å². The van der Waals surface area contributed by atoms with Gasteiger partial charge in [0, 0.05) is 18.6 Å². The van der Waals surface area contributed by atoms with Gasteiger partial charge in [0.05, 0.1) is 23.2 Å². The quantitative estimate of drug-likeness (QED) is 0.749. The fourth-order valence-electron chi connectivity index (χ4n) is 3.20. The van der Waals surface area contributed by atoms with Gasteiger partial charge in [-0.15, -0.1) is 0 Å². The van der Waals surface area contributed by atoms with Crippen LogP contribution in [0.25, 0.3) is 16.6 Å². The Labute approximate surface area is 150 Å². The van der Waals surface area contributed by atoms with E-state index in [0.29, 0.717) is 23.0 Å². The molecule has 0 unspecified atom stereocenters. The lowest BCUT2D eigenvalue weighted by Gasteiger charge is -2.19. The standard InChI is InChI=1S/C19H17ClN4O/c1-23-15-9-5-4-8-14(15)22-19(23)17-16(25)11-24(18(17)21)10-12-6-2-3-7-13(12)20/h2-9,21,25H,10-11H2,1H3. The first kappa shape index (κ1) is 15.7. The molecule has 0 radical (unpaired) electrons. The number of aliphatic hydroxyl groups excluding tert-OH is 1. The van der Waals surface area contributed by atoms with Crippen LogP contribution in [0.1, 0.15) is 11.4 Å². The van der Waals surface area contributed by atoms with E-state index < -0.39 is 0 Å². The van der Waals surface area contributed by atoms with Crippen LogP contribution in [-0.4, -0.2) is 31.9 Å². The molecule has 25 heavy (non-hydrogen) atoms. The van der Waals surface area contributed by atoms with Gasteiger partial charge in [0.2, 0.25) is 0 Å². The highest BCUT2D eigenvalue weighted by atomic mass is 35.5. The molecule has 1 aliphatic heterocycles. The maximum Gasteiger partial charge on any atom is 0.148 e. The van der Waals surface area contributed by atoms with Crippen molar-refractivity contribution < 1.29 is 5.11 Å². The predicted octanol–water partition coefficient (Wildman–Crippen LogP) is 3.99. The SMILES string of the molecule is Cn1c(C2=C(O)CN(Cc3ccccc3Cl)C2=N)nc2ccccc21. The highest BCUT2D eigenvalue weighted by molar-refractivity contribution is 6.31. The number of halogens is 1. The zero-order valence-corrected chi connectivity index (χ0v) is 14.5. The average molecular weight is 353 g/mol. The maximum atomic E-state index is 10.5. The molecule has 0 saturated heterocycles. The van der Waals surface area contributed by atoms with Crippen LogP contribution < -0.4 is 0 Å². The third-order valence-electron chi connectivity index (χ3n) is 4.51. The highest BCUT2D eigenvalue weighted by Crippen LogP contribution is 2.30. The van der Waals surface area contributed by atoms with E-state index in [0.717, 1.165) is 16.6 Å². The number of nitrogens with zero attached hydrogens (tertiary/aromatic N) is 3. The largest absolute Gasteiger partial charge is 0.510 e. The number of amidine groups is 1. The minimum Gasteiger partial charge on any atom is -0.510 e. The Bertz CT molecular complexity index is 1020. The zero-order chi connectivity index (χ0) is 17.6. The Morgan fingerprint density at radius 3 is 2.64 bits per heavy atom. The molecule has 0 fully saturated rings. The van der Waals surface area contributed by atoms with E-state index >= 15 is 0 Å². The summed E-state index contributed by atoms with van der Waals surface area (Å²) in [6.07, 6.45) is 0. The molecular weight excluding hydrogens is 336 g/mol. The molecule has 126 valence electrons. The number of nitrogens with one attached hydrogen (secondary N) is 1. The number of benzene rings is 2. The first-order chi connectivity index (χ1) is 12.1. The van der Waals surface area contributed by atoms with Crippen molar-refractivity contribution in [2.75, 3.05) is 6.54 Å². The van der Waals surface area contributed by atoms with E-state index in [2.05, 4.69) is 4.98 Å². The lowest BCUT2D eigenvalue weighted by Crippen LogP contribution is -2.26. The summed E-state index contributed by atoms with van der Waals surface area (Å²) in [5, 5.41) is 19.7. The monoisotopic (exact) mass is 352 g/mol. The fraction of sp³-hybridized carbons (Fsp3) is 0.158. The number of aromatic nitrogens is 2. The number of fused-ring (bicyclic) bond motifs is 1. The van der Waals surface area contributed by atoms with E-state index in [1.807, 2.05) is 60.1 Å². The lowest BCUT2D eigenvalue weighted by molar-refractivity contribution is 0.347. The Hall–Kier alpha value is -2.79. The molecule has 1 aromatic heterocycles. The van der Waals surface area contributed by atoms with Crippen molar-refractivity contribution in [2.45, 2.75) is 6.54 Å². The Kier molecular flexibility index (Phi) is 3.73. The second kappa shape index (κ2) is 5.93. The molecule has 3 aromatic rings. The van der Waals surface area contributed by atoms with Crippen LogP contribution >= 0.6 is 11.6 Å². The second-order valence-electron chi connectivity index (χ2n) is 6.10. The minimum atomic E-state index is 0.162. The van der Waals surface area contributed by atoms with E-state index in [-0.39, 0.29) is 18.1 Å². The first-order valence-electron chi connectivity index (χ1n) is 7.97. The zero-order valence-electron chi connectivity index (χ0n) is 13.7. The van der Waals surface area contributed by atoms with Crippen molar-refractivity contribution in [3.05, 3.63) is 70.7 Å². The van der Waals surface area contributed by atoms with Crippen molar-refractivity contribution >= 4 is 34.0 Å². The number of para-hydroxylation sites is 2. The van der Waals surface area contributed by atoms with Gasteiger partial charge in [0.25, 0.3) is 0 Å². The molecule has 0 spiro atoms. The van der Waals surface area contributed by atoms with Crippen LogP contribution in [0.3, 0.4) is 0 Å². The van der Waals surface area contributed by atoms with Gasteiger partial charge in [-0.05, 0) is 23.8 Å². The van der Waals surface area contributed by atoms with Crippen molar-refractivity contribution in [3.63, 3.8) is 0 Å². The summed E-state index contributed by atoms with van der Waals surface area (Å²) in [4.78, 5) is 6.40. The number of hydrogen-bond acceptors (Lipinski definition) is 3. The molecule has 0 saturated carbocycles. The van der Waals surface area contributed by atoms with Gasteiger partial charge in [-0.3, -0.25) is 5.41 Å².